The zero-order chi connectivity index (χ0) is 21.7. The number of nitrogens with two attached hydrogens (primary N) is 1. The Balaban J connectivity index is 1.90. The maximum atomic E-state index is 13.6. The number of halogens is 1. The minimum Gasteiger partial charge on any atom is -0.428 e. The molecule has 30 heavy (non-hydrogen) atoms. The van der Waals surface area contributed by atoms with Gasteiger partial charge in [-0.3, -0.25) is 4.99 Å². The highest BCUT2D eigenvalue weighted by molar-refractivity contribution is 8.22. The summed E-state index contributed by atoms with van der Waals surface area (Å²) in [5.41, 5.74) is 10.5. The summed E-state index contributed by atoms with van der Waals surface area (Å²) in [6.07, 6.45) is 13.1. The van der Waals surface area contributed by atoms with Crippen LogP contribution in [0.5, 0.6) is 0 Å². The molecule has 1 heterocycles. The number of nitrogens with zero attached hydrogens (tertiary/aromatic N) is 1. The maximum Gasteiger partial charge on any atom is 0.218 e. The molecule has 7 heteroatoms. The number of hydrogen-bond donors (Lipinski definition) is 3. The Kier molecular flexibility index (Phi) is 7.84. The zero-order valence-electron chi connectivity index (χ0n) is 17.4. The van der Waals surface area contributed by atoms with E-state index in [2.05, 4.69) is 30.9 Å². The Bertz CT molecular complexity index is 945. The second kappa shape index (κ2) is 10.4. The van der Waals surface area contributed by atoms with Crippen molar-refractivity contribution in [3.63, 3.8) is 0 Å². The largest absolute Gasteiger partial charge is 0.428 e. The molecule has 0 radical (unpaired) electrons. The second-order valence-electron chi connectivity index (χ2n) is 7.62. The first-order valence-corrected chi connectivity index (χ1v) is 13.7. The van der Waals surface area contributed by atoms with Crippen LogP contribution in [0, 0.1) is 23.2 Å². The van der Waals surface area contributed by atoms with Crippen LogP contribution in [0.2, 0.25) is 0 Å². The molecule has 0 amide bonds. The van der Waals surface area contributed by atoms with E-state index in [0.29, 0.717) is 5.71 Å². The molecule has 0 saturated heterocycles. The molecule has 2 aliphatic carbocycles. The Labute approximate surface area is 184 Å². The van der Waals surface area contributed by atoms with Gasteiger partial charge in [-0.15, -0.1) is 0 Å². The lowest BCUT2D eigenvalue weighted by Gasteiger charge is -2.30. The van der Waals surface area contributed by atoms with Crippen LogP contribution >= 0.6 is 11.2 Å². The molecule has 0 saturated carbocycles. The molecule has 0 fully saturated rings. The first-order valence-electron chi connectivity index (χ1n) is 10.3. The summed E-state index contributed by atoms with van der Waals surface area (Å²) in [4.78, 5) is 14.3. The van der Waals surface area contributed by atoms with Gasteiger partial charge >= 0.3 is 0 Å². The standard InChI is InChI=1S/C23H28FN3OSSi/c1-3-5-21(29-30-28)22(26)19-13-16(9-11-20(19)25)18-12-14(2)27-23(18)15-6-4-7-17(24)10-8-15/h7-9,11-14,19,21-22,25,28H,3,5,10,26,30H2,1-2H3. The van der Waals surface area contributed by atoms with Gasteiger partial charge < -0.3 is 15.9 Å². The summed E-state index contributed by atoms with van der Waals surface area (Å²) in [7, 11) is -1.17. The quantitative estimate of drug-likeness (QED) is 0.399. The van der Waals surface area contributed by atoms with Crippen molar-refractivity contribution in [3.05, 3.63) is 59.0 Å². The molecule has 0 spiro atoms. The first kappa shape index (κ1) is 22.7. The average Bonchev–Trinajstić information content (AvgIpc) is 2.98. The molecule has 158 valence electrons. The lowest BCUT2D eigenvalue weighted by molar-refractivity contribution is 0.545. The van der Waals surface area contributed by atoms with Gasteiger partial charge in [-0.1, -0.05) is 49.5 Å². The molecule has 4 N–H and O–H groups in total. The van der Waals surface area contributed by atoms with E-state index in [1.807, 2.05) is 13.0 Å². The van der Waals surface area contributed by atoms with Crippen molar-refractivity contribution in [3.8, 4) is 11.8 Å². The summed E-state index contributed by atoms with van der Waals surface area (Å²) < 4.78 is 13.6. The Hall–Kier alpha value is -1.98. The van der Waals surface area contributed by atoms with E-state index in [0.717, 1.165) is 35.3 Å². The molecule has 3 rings (SSSR count). The van der Waals surface area contributed by atoms with Crippen LogP contribution in [-0.4, -0.2) is 42.5 Å². The highest BCUT2D eigenvalue weighted by Crippen LogP contribution is 2.32. The lowest BCUT2D eigenvalue weighted by Crippen LogP contribution is -2.43. The van der Waals surface area contributed by atoms with Gasteiger partial charge in [-0.2, -0.15) is 11.2 Å². The van der Waals surface area contributed by atoms with Crippen molar-refractivity contribution in [1.29, 1.82) is 5.41 Å². The first-order chi connectivity index (χ1) is 14.4. The van der Waals surface area contributed by atoms with Gasteiger partial charge in [-0.25, -0.2) is 4.39 Å². The van der Waals surface area contributed by atoms with Gasteiger partial charge in [0.25, 0.3) is 0 Å². The third kappa shape index (κ3) is 5.19. The van der Waals surface area contributed by atoms with Gasteiger partial charge in [0.05, 0.1) is 11.8 Å². The highest BCUT2D eigenvalue weighted by atomic mass is 32.4. The average molecular weight is 442 g/mol. The topological polar surface area (TPSA) is 82.5 Å². The molecule has 3 aliphatic rings. The number of allylic oxidation sites excluding steroid dienone is 8. The fourth-order valence-corrected chi connectivity index (χ4v) is 6.59. The molecular formula is C23H28FN3OSSi. The molecular weight excluding hydrogens is 413 g/mol. The van der Waals surface area contributed by atoms with E-state index in [1.54, 1.807) is 23.4 Å². The summed E-state index contributed by atoms with van der Waals surface area (Å²) >= 11 is 1.58. The molecule has 1 aliphatic heterocycles. The van der Waals surface area contributed by atoms with Gasteiger partial charge in [0.15, 0.2) is 0 Å². The monoisotopic (exact) mass is 441 g/mol. The minimum atomic E-state index is -1.17. The van der Waals surface area contributed by atoms with Gasteiger partial charge in [0.2, 0.25) is 8.91 Å². The predicted octanol–water partition coefficient (Wildman–Crippen LogP) is 3.30. The normalized spacial score (nSPS) is 25.6. The van der Waals surface area contributed by atoms with E-state index in [1.165, 1.54) is 6.08 Å². The van der Waals surface area contributed by atoms with Crippen LogP contribution in [0.15, 0.2) is 64.0 Å². The minimum absolute atomic E-state index is 0.00495. The fourth-order valence-electron chi connectivity index (χ4n) is 3.86. The van der Waals surface area contributed by atoms with Crippen molar-refractivity contribution in [2.45, 2.75) is 50.4 Å². The molecule has 4 atom stereocenters. The Morgan fingerprint density at radius 3 is 2.97 bits per heavy atom. The van der Waals surface area contributed by atoms with E-state index in [4.69, 9.17) is 16.1 Å². The number of hydrogen-bond acceptors (Lipinski definition) is 5. The molecule has 0 aromatic carbocycles. The van der Waals surface area contributed by atoms with Gasteiger partial charge in [0, 0.05) is 46.6 Å². The molecule has 4 unspecified atom stereocenters. The van der Waals surface area contributed by atoms with E-state index in [-0.39, 0.29) is 35.5 Å². The number of rotatable bonds is 8. The predicted molar refractivity (Wildman–Crippen MR) is 128 cm³/mol. The highest BCUT2D eigenvalue weighted by Gasteiger charge is 2.31. The number of nitrogens with one attached hydrogen (secondary N) is 1. The fraction of sp³-hybridized carbons (Fsp3) is 0.391. The van der Waals surface area contributed by atoms with Crippen LogP contribution in [-0.2, 0) is 0 Å². The third-order valence-electron chi connectivity index (χ3n) is 5.37. The van der Waals surface area contributed by atoms with Gasteiger partial charge in [-0.05, 0) is 25.0 Å². The number of aliphatic imine (C=N–C) groups is 1. The van der Waals surface area contributed by atoms with E-state index >= 15 is 0 Å². The lowest BCUT2D eigenvalue weighted by atomic mass is 9.82. The van der Waals surface area contributed by atoms with Crippen molar-refractivity contribution >= 4 is 31.5 Å². The van der Waals surface area contributed by atoms with Crippen LogP contribution in [0.25, 0.3) is 0 Å². The van der Waals surface area contributed by atoms with Crippen molar-refractivity contribution in [2.75, 3.05) is 0 Å². The zero-order valence-corrected chi connectivity index (χ0v) is 19.6. The summed E-state index contributed by atoms with van der Waals surface area (Å²) in [5, 5.41) is 8.56. The summed E-state index contributed by atoms with van der Waals surface area (Å²) in [6.45, 7) is 4.12. The molecule has 0 aromatic rings. The van der Waals surface area contributed by atoms with Crippen LogP contribution in [0.1, 0.15) is 33.1 Å². The molecule has 0 aromatic heterocycles. The molecule has 0 bridgehead atoms. The van der Waals surface area contributed by atoms with Crippen LogP contribution < -0.4 is 5.73 Å². The third-order valence-corrected chi connectivity index (χ3v) is 8.22. The van der Waals surface area contributed by atoms with E-state index < -0.39 is 8.91 Å². The summed E-state index contributed by atoms with van der Waals surface area (Å²) in [6, 6.07) is -0.234. The van der Waals surface area contributed by atoms with Crippen molar-refractivity contribution < 1.29 is 9.19 Å². The summed E-state index contributed by atoms with van der Waals surface area (Å²) in [5.74, 6) is 5.30. The van der Waals surface area contributed by atoms with Crippen molar-refractivity contribution in [1.82, 2.24) is 0 Å². The Morgan fingerprint density at radius 1 is 1.43 bits per heavy atom. The molecule has 4 nitrogen and oxygen atoms in total. The van der Waals surface area contributed by atoms with Crippen LogP contribution in [0.4, 0.5) is 4.39 Å². The van der Waals surface area contributed by atoms with Gasteiger partial charge in [0.1, 0.15) is 5.83 Å². The second-order valence-corrected chi connectivity index (χ2v) is 10.6. The van der Waals surface area contributed by atoms with Crippen LogP contribution in [0.3, 0.4) is 0 Å². The smallest absolute Gasteiger partial charge is 0.218 e. The van der Waals surface area contributed by atoms with E-state index in [9.17, 15) is 9.19 Å². The SMILES string of the molecule is CCCC(S[SiH2]O)C(N)C1C=C(C2=CC(C)N=C2C2=CCC(F)=CC#C2)C=CC1=N. The van der Waals surface area contributed by atoms with Crippen molar-refractivity contribution in [2.24, 2.45) is 16.6 Å². The maximum absolute atomic E-state index is 13.6. The Morgan fingerprint density at radius 2 is 2.23 bits per heavy atom.